The average Bonchev–Trinajstić information content (AvgIpc) is 3.14. The molecule has 5 rings (SSSR count). The molecule has 0 saturated heterocycles. The summed E-state index contributed by atoms with van der Waals surface area (Å²) in [5.74, 6) is 0.407. The van der Waals surface area contributed by atoms with E-state index in [1.54, 1.807) is 21.8 Å². The van der Waals surface area contributed by atoms with Crippen LogP contribution in [0.2, 0.25) is 0 Å². The molecule has 36 heavy (non-hydrogen) atoms. The number of hydrogen-bond donors (Lipinski definition) is 2. The molecule has 0 aliphatic carbocycles. The van der Waals surface area contributed by atoms with Crippen LogP contribution in [-0.4, -0.2) is 30.9 Å². The first kappa shape index (κ1) is 23.7. The summed E-state index contributed by atoms with van der Waals surface area (Å²) in [7, 11) is 0. The minimum Gasteiger partial charge on any atom is -0.324 e. The van der Waals surface area contributed by atoms with Crippen LogP contribution in [0.5, 0.6) is 0 Å². The summed E-state index contributed by atoms with van der Waals surface area (Å²) in [4.78, 5) is 26.7. The molecular formula is C27H30N8O. The predicted molar refractivity (Wildman–Crippen MR) is 140 cm³/mol. The summed E-state index contributed by atoms with van der Waals surface area (Å²) in [5.41, 5.74) is 4.32. The Kier molecular flexibility index (Phi) is 5.64. The Morgan fingerprint density at radius 1 is 1.22 bits per heavy atom. The number of pyridine rings is 1. The van der Waals surface area contributed by atoms with Crippen LogP contribution < -0.4 is 16.2 Å². The van der Waals surface area contributed by atoms with E-state index in [4.69, 9.17) is 4.98 Å². The van der Waals surface area contributed by atoms with Crippen LogP contribution in [-0.2, 0) is 23.9 Å². The maximum Gasteiger partial charge on any atom is 0.278 e. The fourth-order valence-corrected chi connectivity index (χ4v) is 4.81. The molecule has 0 spiro atoms. The number of fused-ring (bicyclic) bond motifs is 2. The van der Waals surface area contributed by atoms with Gasteiger partial charge in [0.15, 0.2) is 5.65 Å². The Balaban J connectivity index is 1.59. The van der Waals surface area contributed by atoms with E-state index >= 15 is 0 Å². The van der Waals surface area contributed by atoms with Crippen molar-refractivity contribution in [1.29, 1.82) is 5.26 Å². The third kappa shape index (κ3) is 3.93. The van der Waals surface area contributed by atoms with E-state index in [1.807, 2.05) is 39.0 Å². The summed E-state index contributed by atoms with van der Waals surface area (Å²) in [6, 6.07) is 12.3. The largest absolute Gasteiger partial charge is 0.324 e. The summed E-state index contributed by atoms with van der Waals surface area (Å²) in [5, 5.41) is 16.9. The second-order valence-electron chi connectivity index (χ2n) is 10.2. The number of aromatic nitrogens is 5. The van der Waals surface area contributed by atoms with Crippen molar-refractivity contribution in [3.05, 3.63) is 69.9 Å². The first-order valence-corrected chi connectivity index (χ1v) is 12.2. The Bertz CT molecular complexity index is 1570. The van der Waals surface area contributed by atoms with Crippen molar-refractivity contribution < 1.29 is 0 Å². The number of nitrogens with one attached hydrogen (secondary N) is 2. The highest BCUT2D eigenvalue weighted by Crippen LogP contribution is 2.31. The number of hydrogen-bond acceptors (Lipinski definition) is 7. The molecule has 1 aromatic carbocycles. The Morgan fingerprint density at radius 2 is 2.03 bits per heavy atom. The lowest BCUT2D eigenvalue weighted by Crippen LogP contribution is -2.42. The SMILES string of the molecule is CCn1c(=O)c2cnc(Nc3ccc4c(c3)CCNC4(C)C)nc2n1-c1ccnc(C(C)(C)C#N)c1. The van der Waals surface area contributed by atoms with Gasteiger partial charge in [-0.05, 0) is 83.0 Å². The van der Waals surface area contributed by atoms with E-state index in [9.17, 15) is 10.1 Å². The fraction of sp³-hybridized carbons (Fsp3) is 0.370. The number of rotatable bonds is 5. The summed E-state index contributed by atoms with van der Waals surface area (Å²) < 4.78 is 3.40. The molecule has 0 fully saturated rings. The van der Waals surface area contributed by atoms with E-state index in [1.165, 1.54) is 11.1 Å². The van der Waals surface area contributed by atoms with Crippen molar-refractivity contribution >= 4 is 22.7 Å². The first-order chi connectivity index (χ1) is 17.1. The van der Waals surface area contributed by atoms with Gasteiger partial charge in [-0.25, -0.2) is 14.3 Å². The monoisotopic (exact) mass is 482 g/mol. The van der Waals surface area contributed by atoms with Gasteiger partial charge in [0, 0.05) is 30.2 Å². The Labute approximate surface area is 209 Å². The molecule has 1 aliphatic rings. The standard InChI is InChI=1S/C27H30N8O/c1-6-34-24(36)20-15-30-25(32-18-7-8-21-17(13-18)9-12-31-27(21,4)5)33-23(20)35(34)19-10-11-29-22(14-19)26(2,3)16-28/h7-8,10-11,13-15,31H,6,9,12H2,1-5H3,(H,30,32,33). The van der Waals surface area contributed by atoms with Crippen molar-refractivity contribution in [2.24, 2.45) is 0 Å². The van der Waals surface area contributed by atoms with E-state index < -0.39 is 5.41 Å². The van der Waals surface area contributed by atoms with Gasteiger partial charge in [-0.2, -0.15) is 10.2 Å². The van der Waals surface area contributed by atoms with Crippen molar-refractivity contribution in [1.82, 2.24) is 29.6 Å². The molecule has 0 saturated carbocycles. The van der Waals surface area contributed by atoms with Crippen LogP contribution >= 0.6 is 0 Å². The van der Waals surface area contributed by atoms with Gasteiger partial charge < -0.3 is 10.6 Å². The lowest BCUT2D eigenvalue weighted by molar-refractivity contribution is 0.382. The zero-order chi connectivity index (χ0) is 25.7. The van der Waals surface area contributed by atoms with Crippen molar-refractivity contribution in [3.8, 4) is 11.8 Å². The maximum atomic E-state index is 13.2. The van der Waals surface area contributed by atoms with E-state index in [2.05, 4.69) is 52.7 Å². The Hall–Kier alpha value is -4.03. The van der Waals surface area contributed by atoms with Crippen LogP contribution in [0.25, 0.3) is 16.7 Å². The van der Waals surface area contributed by atoms with Gasteiger partial charge in [-0.1, -0.05) is 6.07 Å². The molecule has 0 unspecified atom stereocenters. The molecular weight excluding hydrogens is 452 g/mol. The average molecular weight is 483 g/mol. The molecule has 0 amide bonds. The second-order valence-corrected chi connectivity index (χ2v) is 10.2. The smallest absolute Gasteiger partial charge is 0.278 e. The molecule has 0 radical (unpaired) electrons. The molecule has 4 heterocycles. The van der Waals surface area contributed by atoms with Crippen molar-refractivity contribution in [2.75, 3.05) is 11.9 Å². The molecule has 4 aromatic rings. The molecule has 184 valence electrons. The molecule has 3 aromatic heterocycles. The first-order valence-electron chi connectivity index (χ1n) is 12.2. The summed E-state index contributed by atoms with van der Waals surface area (Å²) in [6.45, 7) is 11.3. The minimum absolute atomic E-state index is 0.0653. The summed E-state index contributed by atoms with van der Waals surface area (Å²) >= 11 is 0. The number of nitriles is 1. The van der Waals surface area contributed by atoms with Crippen LogP contribution in [0.4, 0.5) is 11.6 Å². The maximum absolute atomic E-state index is 13.2. The highest BCUT2D eigenvalue weighted by atomic mass is 16.1. The van der Waals surface area contributed by atoms with E-state index in [0.717, 1.165) is 18.7 Å². The van der Waals surface area contributed by atoms with Gasteiger partial charge in [-0.3, -0.25) is 9.78 Å². The number of benzene rings is 1. The zero-order valence-electron chi connectivity index (χ0n) is 21.3. The lowest BCUT2D eigenvalue weighted by Gasteiger charge is -2.34. The highest BCUT2D eigenvalue weighted by Gasteiger charge is 2.27. The molecule has 0 bridgehead atoms. The molecule has 2 N–H and O–H groups in total. The van der Waals surface area contributed by atoms with Crippen molar-refractivity contribution in [3.63, 3.8) is 0 Å². The van der Waals surface area contributed by atoms with Crippen LogP contribution in [0, 0.1) is 11.3 Å². The van der Waals surface area contributed by atoms with Gasteiger partial charge in [0.2, 0.25) is 5.95 Å². The lowest BCUT2D eigenvalue weighted by atomic mass is 9.85. The van der Waals surface area contributed by atoms with Gasteiger partial charge in [0.05, 0.1) is 22.9 Å². The topological polar surface area (TPSA) is 113 Å². The Morgan fingerprint density at radius 3 is 2.78 bits per heavy atom. The van der Waals surface area contributed by atoms with Gasteiger partial charge in [0.25, 0.3) is 5.56 Å². The normalized spacial score (nSPS) is 14.9. The highest BCUT2D eigenvalue weighted by molar-refractivity contribution is 5.77. The fourth-order valence-electron chi connectivity index (χ4n) is 4.81. The van der Waals surface area contributed by atoms with Crippen LogP contribution in [0.3, 0.4) is 0 Å². The van der Waals surface area contributed by atoms with E-state index in [-0.39, 0.29) is 11.1 Å². The van der Waals surface area contributed by atoms with Crippen LogP contribution in [0.15, 0.2) is 47.5 Å². The van der Waals surface area contributed by atoms with E-state index in [0.29, 0.717) is 34.9 Å². The predicted octanol–water partition coefficient (Wildman–Crippen LogP) is 3.92. The quantitative estimate of drug-likeness (QED) is 0.443. The summed E-state index contributed by atoms with van der Waals surface area (Å²) in [6.07, 6.45) is 4.18. The zero-order valence-corrected chi connectivity index (χ0v) is 21.3. The minimum atomic E-state index is -0.769. The number of anilines is 2. The van der Waals surface area contributed by atoms with Gasteiger partial charge in [-0.15, -0.1) is 0 Å². The molecule has 1 aliphatic heterocycles. The van der Waals surface area contributed by atoms with Crippen LogP contribution in [0.1, 0.15) is 51.4 Å². The van der Waals surface area contributed by atoms with Gasteiger partial charge in [0.1, 0.15) is 5.39 Å². The third-order valence-electron chi connectivity index (χ3n) is 6.88. The second kappa shape index (κ2) is 8.57. The molecule has 9 heteroatoms. The van der Waals surface area contributed by atoms with Crippen molar-refractivity contribution in [2.45, 2.75) is 58.5 Å². The molecule has 0 atom stereocenters. The number of nitrogens with zero attached hydrogens (tertiary/aromatic N) is 6. The van der Waals surface area contributed by atoms with Gasteiger partial charge >= 0.3 is 0 Å². The third-order valence-corrected chi connectivity index (χ3v) is 6.88. The molecule has 9 nitrogen and oxygen atoms in total.